The van der Waals surface area contributed by atoms with Crippen molar-refractivity contribution in [1.29, 1.82) is 0 Å². The van der Waals surface area contributed by atoms with Crippen LogP contribution in [0.3, 0.4) is 0 Å². The van der Waals surface area contributed by atoms with Gasteiger partial charge in [-0.2, -0.15) is 0 Å². The monoisotopic (exact) mass is 445 g/mol. The predicted octanol–water partition coefficient (Wildman–Crippen LogP) is 2.24. The maximum Gasteiger partial charge on any atom is 0.264 e. The number of nitrogens with one attached hydrogen (secondary N) is 1. The summed E-state index contributed by atoms with van der Waals surface area (Å²) in [5.41, 5.74) is 0.527. The highest BCUT2D eigenvalue weighted by molar-refractivity contribution is 7.92. The fourth-order valence-corrected chi connectivity index (χ4v) is 3.92. The number of nitrogens with zero attached hydrogens (tertiary/aromatic N) is 4. The molecule has 0 aliphatic heterocycles. The molecule has 0 amide bonds. The average Bonchev–Trinajstić information content (AvgIpc) is 2.73. The molecule has 31 heavy (non-hydrogen) atoms. The van der Waals surface area contributed by atoms with E-state index in [0.717, 1.165) is 12.1 Å². The molecule has 4 aromatic rings. The standard InChI is InChI=1S/C19H13F2N5O4S/c1-30-19-14(25-31(28,29)16-3-2-12(20)7-13(16)21)6-11(8-24-19)15-10-26-17(9-23-15)22-5-4-18(26)27/h2-10,25H,1H3. The molecule has 0 aliphatic carbocycles. The van der Waals surface area contributed by atoms with E-state index in [0.29, 0.717) is 23.0 Å². The largest absolute Gasteiger partial charge is 0.480 e. The quantitative estimate of drug-likeness (QED) is 0.501. The van der Waals surface area contributed by atoms with Gasteiger partial charge in [0.2, 0.25) is 5.88 Å². The van der Waals surface area contributed by atoms with Gasteiger partial charge in [0.25, 0.3) is 15.6 Å². The minimum absolute atomic E-state index is 0.0885. The van der Waals surface area contributed by atoms with Gasteiger partial charge in [0.1, 0.15) is 22.2 Å². The number of pyridine rings is 1. The smallest absolute Gasteiger partial charge is 0.264 e. The van der Waals surface area contributed by atoms with Gasteiger partial charge in [-0.05, 0) is 18.2 Å². The third kappa shape index (κ3) is 3.92. The molecule has 0 saturated heterocycles. The molecule has 1 aromatic carbocycles. The molecule has 0 bridgehead atoms. The Morgan fingerprint density at radius 1 is 1.06 bits per heavy atom. The summed E-state index contributed by atoms with van der Waals surface area (Å²) in [6.45, 7) is 0. The number of ether oxygens (including phenoxy) is 1. The fourth-order valence-electron chi connectivity index (χ4n) is 2.81. The van der Waals surface area contributed by atoms with Crippen LogP contribution >= 0.6 is 0 Å². The van der Waals surface area contributed by atoms with Crippen molar-refractivity contribution in [2.24, 2.45) is 0 Å². The summed E-state index contributed by atoms with van der Waals surface area (Å²) in [5, 5.41) is 0. The van der Waals surface area contributed by atoms with Crippen molar-refractivity contribution in [1.82, 2.24) is 19.4 Å². The molecule has 0 saturated carbocycles. The van der Waals surface area contributed by atoms with Crippen LogP contribution in [0.15, 0.2) is 64.8 Å². The lowest BCUT2D eigenvalue weighted by Gasteiger charge is -2.13. The van der Waals surface area contributed by atoms with Gasteiger partial charge in [0.15, 0.2) is 5.65 Å². The molecule has 0 spiro atoms. The lowest BCUT2D eigenvalue weighted by molar-refractivity contribution is 0.400. The van der Waals surface area contributed by atoms with E-state index in [1.165, 1.54) is 48.4 Å². The predicted molar refractivity (Wildman–Crippen MR) is 106 cm³/mol. The van der Waals surface area contributed by atoms with Crippen LogP contribution in [0, 0.1) is 11.6 Å². The zero-order chi connectivity index (χ0) is 22.2. The Labute approximate surface area is 174 Å². The molecule has 0 aliphatic rings. The molecule has 0 fully saturated rings. The molecule has 0 atom stereocenters. The number of hydrogen-bond acceptors (Lipinski definition) is 7. The number of halogens is 2. The summed E-state index contributed by atoms with van der Waals surface area (Å²) in [7, 11) is -3.16. The van der Waals surface area contributed by atoms with E-state index in [9.17, 15) is 22.0 Å². The van der Waals surface area contributed by atoms with Gasteiger partial charge in [0, 0.05) is 36.3 Å². The van der Waals surface area contributed by atoms with E-state index in [1.54, 1.807) is 0 Å². The second-order valence-corrected chi connectivity index (χ2v) is 7.90. The van der Waals surface area contributed by atoms with Crippen molar-refractivity contribution >= 4 is 21.4 Å². The molecule has 3 heterocycles. The summed E-state index contributed by atoms with van der Waals surface area (Å²) in [5.74, 6) is -2.25. The van der Waals surface area contributed by atoms with Gasteiger partial charge in [-0.25, -0.2) is 27.2 Å². The molecular formula is C19H13F2N5O4S. The summed E-state index contributed by atoms with van der Waals surface area (Å²) in [6.07, 6.45) is 5.52. The number of methoxy groups -OCH3 is 1. The third-order valence-corrected chi connectivity index (χ3v) is 5.65. The zero-order valence-electron chi connectivity index (χ0n) is 15.8. The lowest BCUT2D eigenvalue weighted by Crippen LogP contribution is -2.16. The normalized spacial score (nSPS) is 11.5. The van der Waals surface area contributed by atoms with Crippen molar-refractivity contribution in [2.75, 3.05) is 11.8 Å². The Kier molecular flexibility index (Phi) is 5.07. The molecule has 158 valence electrons. The first-order valence-corrected chi connectivity index (χ1v) is 10.1. The Morgan fingerprint density at radius 2 is 1.87 bits per heavy atom. The molecule has 12 heteroatoms. The van der Waals surface area contributed by atoms with E-state index >= 15 is 0 Å². The Balaban J connectivity index is 1.78. The highest BCUT2D eigenvalue weighted by Gasteiger charge is 2.22. The summed E-state index contributed by atoms with van der Waals surface area (Å²) >= 11 is 0. The van der Waals surface area contributed by atoms with E-state index in [-0.39, 0.29) is 17.1 Å². The lowest BCUT2D eigenvalue weighted by atomic mass is 10.2. The first kappa shape index (κ1) is 20.3. The molecule has 9 nitrogen and oxygen atoms in total. The van der Waals surface area contributed by atoms with E-state index in [2.05, 4.69) is 19.7 Å². The first-order valence-electron chi connectivity index (χ1n) is 8.64. The molecule has 0 radical (unpaired) electrons. The van der Waals surface area contributed by atoms with Crippen molar-refractivity contribution < 1.29 is 21.9 Å². The SMILES string of the molecule is COc1ncc(-c2cn3c(=O)ccnc3cn2)cc1NS(=O)(=O)c1ccc(F)cc1F. The number of sulfonamides is 1. The van der Waals surface area contributed by atoms with Crippen molar-refractivity contribution in [2.45, 2.75) is 4.90 Å². The number of rotatable bonds is 5. The van der Waals surface area contributed by atoms with Crippen LogP contribution in [-0.4, -0.2) is 34.9 Å². The molecule has 4 rings (SSSR count). The molecule has 3 aromatic heterocycles. The summed E-state index contributed by atoms with van der Waals surface area (Å²) in [4.78, 5) is 23.6. The Morgan fingerprint density at radius 3 is 2.61 bits per heavy atom. The minimum Gasteiger partial charge on any atom is -0.480 e. The Hall–Kier alpha value is -3.93. The van der Waals surface area contributed by atoms with E-state index in [1.807, 2.05) is 0 Å². The highest BCUT2D eigenvalue weighted by atomic mass is 32.2. The number of anilines is 1. The van der Waals surface area contributed by atoms with Crippen LogP contribution < -0.4 is 15.0 Å². The maximum atomic E-state index is 14.0. The van der Waals surface area contributed by atoms with E-state index < -0.39 is 26.6 Å². The maximum absolute atomic E-state index is 14.0. The minimum atomic E-state index is -4.43. The fraction of sp³-hybridized carbons (Fsp3) is 0.0526. The number of fused-ring (bicyclic) bond motifs is 1. The van der Waals surface area contributed by atoms with Crippen LogP contribution in [0.4, 0.5) is 14.5 Å². The molecular weight excluding hydrogens is 432 g/mol. The average molecular weight is 445 g/mol. The second-order valence-electron chi connectivity index (χ2n) is 6.24. The van der Waals surface area contributed by atoms with Gasteiger partial charge in [-0.1, -0.05) is 0 Å². The zero-order valence-corrected chi connectivity index (χ0v) is 16.6. The van der Waals surface area contributed by atoms with Gasteiger partial charge < -0.3 is 4.74 Å². The van der Waals surface area contributed by atoms with Crippen molar-refractivity contribution in [3.05, 3.63) is 77.1 Å². The summed E-state index contributed by atoms with van der Waals surface area (Å²) in [6, 6.07) is 4.74. The van der Waals surface area contributed by atoms with Crippen LogP contribution in [0.2, 0.25) is 0 Å². The van der Waals surface area contributed by atoms with Crippen molar-refractivity contribution in [3.8, 4) is 17.1 Å². The molecule has 1 N–H and O–H groups in total. The topological polar surface area (TPSA) is 116 Å². The third-order valence-electron chi connectivity index (χ3n) is 4.25. The van der Waals surface area contributed by atoms with Gasteiger partial charge in [-0.3, -0.25) is 18.9 Å². The van der Waals surface area contributed by atoms with Gasteiger partial charge in [-0.15, -0.1) is 0 Å². The van der Waals surface area contributed by atoms with Crippen LogP contribution in [-0.2, 0) is 10.0 Å². The highest BCUT2D eigenvalue weighted by Crippen LogP contribution is 2.30. The number of hydrogen-bond donors (Lipinski definition) is 1. The van der Waals surface area contributed by atoms with E-state index in [4.69, 9.17) is 4.74 Å². The van der Waals surface area contributed by atoms with Crippen LogP contribution in [0.1, 0.15) is 0 Å². The van der Waals surface area contributed by atoms with Gasteiger partial charge in [0.05, 0.1) is 19.0 Å². The van der Waals surface area contributed by atoms with Crippen LogP contribution in [0.5, 0.6) is 5.88 Å². The second kappa shape index (κ2) is 7.72. The van der Waals surface area contributed by atoms with Crippen molar-refractivity contribution in [3.63, 3.8) is 0 Å². The van der Waals surface area contributed by atoms with Gasteiger partial charge >= 0.3 is 0 Å². The number of aromatic nitrogens is 4. The first-order chi connectivity index (χ1) is 14.8. The molecule has 0 unspecified atom stereocenters. The number of benzene rings is 1. The van der Waals surface area contributed by atoms with Crippen LogP contribution in [0.25, 0.3) is 16.9 Å². The summed E-state index contributed by atoms with van der Waals surface area (Å²) < 4.78 is 61.0. The Bertz CT molecular complexity index is 1470.